The third kappa shape index (κ3) is 12.5. The smallest absolute Gasteiger partial charge is 0.395 e. The zero-order valence-corrected chi connectivity index (χ0v) is 18.8. The number of nitrogens with one attached hydrogen (secondary N) is 1. The van der Waals surface area contributed by atoms with Crippen molar-refractivity contribution < 1.29 is 22.1 Å². The van der Waals surface area contributed by atoms with Crippen LogP contribution in [0.15, 0.2) is 0 Å². The van der Waals surface area contributed by atoms with Gasteiger partial charge in [0.1, 0.15) is 0 Å². The highest BCUT2D eigenvalue weighted by atomic mass is 28.4. The minimum Gasteiger partial charge on any atom is -0.395 e. The molecule has 0 amide bonds. The van der Waals surface area contributed by atoms with E-state index in [2.05, 4.69) is 11.9 Å². The molecule has 0 aliphatic rings. The Hall–Kier alpha value is 0.154. The number of hydrogen-bond acceptors (Lipinski definition) is 7. The SMILES string of the molecule is CCO[Si](C)(CCCN)OCC.CNCCC[Si](OC)(OC)OC. The van der Waals surface area contributed by atoms with Crippen LogP contribution < -0.4 is 11.1 Å². The van der Waals surface area contributed by atoms with E-state index >= 15 is 0 Å². The fourth-order valence-corrected chi connectivity index (χ4v) is 6.42. The standard InChI is InChI=1S/C8H21NO2Si.C7H19NO3Si/c1-4-10-12(3,11-5-2)8-6-7-9;1-8-6-5-7-12(9-2,10-3)11-4/h4-9H2,1-3H3;8H,5-7H2,1-4H3. The topological polar surface area (TPSA) is 84.2 Å². The Morgan fingerprint density at radius 3 is 1.71 bits per heavy atom. The van der Waals surface area contributed by atoms with Gasteiger partial charge < -0.3 is 33.2 Å². The van der Waals surface area contributed by atoms with Crippen LogP contribution in [0.5, 0.6) is 0 Å². The lowest BCUT2D eigenvalue weighted by atomic mass is 10.5. The van der Waals surface area contributed by atoms with Gasteiger partial charge in [-0.1, -0.05) is 0 Å². The van der Waals surface area contributed by atoms with Crippen molar-refractivity contribution in [1.29, 1.82) is 0 Å². The fraction of sp³-hybridized carbons (Fsp3) is 1.00. The van der Waals surface area contributed by atoms with Crippen molar-refractivity contribution in [3.05, 3.63) is 0 Å². The first kappa shape index (κ1) is 26.4. The first-order valence-corrected chi connectivity index (χ1v) is 13.2. The lowest BCUT2D eigenvalue weighted by molar-refractivity contribution is 0.123. The largest absolute Gasteiger partial charge is 0.500 e. The molecule has 0 atom stereocenters. The van der Waals surface area contributed by atoms with Crippen molar-refractivity contribution in [2.24, 2.45) is 5.73 Å². The number of hydrogen-bond donors (Lipinski definition) is 2. The maximum atomic E-state index is 5.63. The molecule has 148 valence electrons. The molecule has 0 heterocycles. The van der Waals surface area contributed by atoms with E-state index in [0.717, 1.165) is 51.2 Å². The Balaban J connectivity index is 0. The molecule has 0 aromatic rings. The van der Waals surface area contributed by atoms with Crippen LogP contribution in [0.1, 0.15) is 26.7 Å². The molecule has 0 bridgehead atoms. The van der Waals surface area contributed by atoms with Gasteiger partial charge in [0.25, 0.3) is 0 Å². The van der Waals surface area contributed by atoms with E-state index in [9.17, 15) is 0 Å². The molecule has 7 nitrogen and oxygen atoms in total. The molecule has 0 rings (SSSR count). The molecule has 0 aliphatic heterocycles. The second-order valence-corrected chi connectivity index (χ2v) is 11.8. The molecule has 24 heavy (non-hydrogen) atoms. The average molecular weight is 385 g/mol. The first-order valence-electron chi connectivity index (χ1n) is 8.71. The quantitative estimate of drug-likeness (QED) is 0.350. The normalized spacial score (nSPS) is 12.0. The van der Waals surface area contributed by atoms with Gasteiger partial charge in [-0.25, -0.2) is 0 Å². The molecule has 0 saturated heterocycles. The highest BCUT2D eigenvalue weighted by Crippen LogP contribution is 2.15. The Morgan fingerprint density at radius 1 is 0.875 bits per heavy atom. The van der Waals surface area contributed by atoms with E-state index in [4.69, 9.17) is 27.9 Å². The van der Waals surface area contributed by atoms with Crippen LogP contribution in [0.2, 0.25) is 18.6 Å². The minimum atomic E-state index is -2.29. The summed E-state index contributed by atoms with van der Waals surface area (Å²) in [5.74, 6) is 0. The van der Waals surface area contributed by atoms with Crippen LogP contribution in [0, 0.1) is 0 Å². The molecule has 0 fully saturated rings. The molecule has 3 N–H and O–H groups in total. The Kier molecular flexibility index (Phi) is 18.3. The monoisotopic (exact) mass is 384 g/mol. The van der Waals surface area contributed by atoms with Crippen molar-refractivity contribution in [3.63, 3.8) is 0 Å². The van der Waals surface area contributed by atoms with Crippen LogP contribution in [-0.4, -0.2) is 72.0 Å². The van der Waals surface area contributed by atoms with Gasteiger partial charge in [-0.15, -0.1) is 0 Å². The molecule has 0 aromatic carbocycles. The molecule has 0 radical (unpaired) electrons. The first-order chi connectivity index (χ1) is 11.4. The minimum absolute atomic E-state index is 0.725. The summed E-state index contributed by atoms with van der Waals surface area (Å²) in [4.78, 5) is 0. The predicted molar refractivity (Wildman–Crippen MR) is 103 cm³/mol. The molecule has 0 unspecified atom stereocenters. The third-order valence-electron chi connectivity index (χ3n) is 3.58. The van der Waals surface area contributed by atoms with Gasteiger partial charge >= 0.3 is 17.4 Å². The van der Waals surface area contributed by atoms with Gasteiger partial charge in [0.05, 0.1) is 0 Å². The summed E-state index contributed by atoms with van der Waals surface area (Å²) in [6.07, 6.45) is 2.01. The number of rotatable bonds is 14. The molecule has 0 aromatic heterocycles. The van der Waals surface area contributed by atoms with Crippen LogP contribution in [0.25, 0.3) is 0 Å². The van der Waals surface area contributed by atoms with Gasteiger partial charge in [0.15, 0.2) is 0 Å². The summed E-state index contributed by atoms with van der Waals surface area (Å²) < 4.78 is 27.0. The molecule has 0 saturated carbocycles. The summed E-state index contributed by atoms with van der Waals surface area (Å²) in [5.41, 5.74) is 5.44. The van der Waals surface area contributed by atoms with Crippen LogP contribution >= 0.6 is 0 Å². The predicted octanol–water partition coefficient (Wildman–Crippen LogP) is 1.95. The van der Waals surface area contributed by atoms with Crippen molar-refractivity contribution >= 4 is 17.4 Å². The summed E-state index contributed by atoms with van der Waals surface area (Å²) >= 11 is 0. The van der Waals surface area contributed by atoms with Crippen molar-refractivity contribution in [2.45, 2.75) is 45.3 Å². The summed E-state index contributed by atoms with van der Waals surface area (Å²) in [5, 5.41) is 3.07. The molecular formula is C15H40N2O5Si2. The molecule has 9 heteroatoms. The summed E-state index contributed by atoms with van der Waals surface area (Å²) in [6.45, 7) is 9.29. The van der Waals surface area contributed by atoms with Crippen molar-refractivity contribution in [1.82, 2.24) is 5.32 Å². The second-order valence-electron chi connectivity index (χ2n) is 5.39. The van der Waals surface area contributed by atoms with Gasteiger partial charge in [-0.05, 0) is 59.4 Å². The van der Waals surface area contributed by atoms with E-state index in [1.165, 1.54) is 0 Å². The second kappa shape index (κ2) is 16.6. The van der Waals surface area contributed by atoms with Gasteiger partial charge in [-0.2, -0.15) is 0 Å². The highest BCUT2D eigenvalue weighted by molar-refractivity contribution is 6.66. The Morgan fingerprint density at radius 2 is 1.38 bits per heavy atom. The van der Waals surface area contributed by atoms with Crippen LogP contribution in [0.3, 0.4) is 0 Å². The molecular weight excluding hydrogens is 344 g/mol. The van der Waals surface area contributed by atoms with Crippen LogP contribution in [0.4, 0.5) is 0 Å². The van der Waals surface area contributed by atoms with E-state index in [-0.39, 0.29) is 0 Å². The zero-order valence-electron chi connectivity index (χ0n) is 16.8. The van der Waals surface area contributed by atoms with E-state index in [0.29, 0.717) is 0 Å². The fourth-order valence-electron chi connectivity index (χ4n) is 2.26. The van der Waals surface area contributed by atoms with Crippen LogP contribution in [-0.2, 0) is 22.1 Å². The maximum Gasteiger partial charge on any atom is 0.500 e. The zero-order chi connectivity index (χ0) is 18.9. The third-order valence-corrected chi connectivity index (χ3v) is 9.47. The lowest BCUT2D eigenvalue weighted by Gasteiger charge is -2.25. The maximum absolute atomic E-state index is 5.63. The lowest BCUT2D eigenvalue weighted by Crippen LogP contribution is -2.43. The number of nitrogens with two attached hydrogens (primary N) is 1. The Labute approximate surface area is 151 Å². The van der Waals surface area contributed by atoms with E-state index in [1.54, 1.807) is 21.3 Å². The van der Waals surface area contributed by atoms with Crippen molar-refractivity contribution in [2.75, 3.05) is 54.7 Å². The van der Waals surface area contributed by atoms with Gasteiger partial charge in [-0.3, -0.25) is 0 Å². The molecule has 0 spiro atoms. The average Bonchev–Trinajstić information content (AvgIpc) is 2.59. The summed E-state index contributed by atoms with van der Waals surface area (Å²) in [6, 6.07) is 1.86. The van der Waals surface area contributed by atoms with E-state index < -0.39 is 17.4 Å². The van der Waals surface area contributed by atoms with Crippen molar-refractivity contribution in [3.8, 4) is 0 Å². The van der Waals surface area contributed by atoms with E-state index in [1.807, 2.05) is 20.9 Å². The molecule has 0 aliphatic carbocycles. The highest BCUT2D eigenvalue weighted by Gasteiger charge is 2.36. The van der Waals surface area contributed by atoms with Gasteiger partial charge in [0, 0.05) is 40.6 Å². The Bertz CT molecular complexity index is 258. The van der Waals surface area contributed by atoms with Gasteiger partial charge in [0.2, 0.25) is 0 Å². The summed E-state index contributed by atoms with van der Waals surface area (Å²) in [7, 11) is 2.69.